The maximum Gasteiger partial charge on any atom is 0.309 e. The minimum Gasteiger partial charge on any atom is -0.494 e. The second-order valence-electron chi connectivity index (χ2n) is 11.0. The number of amides is 1. The van der Waals surface area contributed by atoms with Gasteiger partial charge in [-0.2, -0.15) is 0 Å². The molecule has 0 bridgehead atoms. The van der Waals surface area contributed by atoms with E-state index in [1.165, 1.54) is 0 Å². The number of carbonyl (C=O) groups excluding carboxylic acids is 1. The average Bonchev–Trinajstić information content (AvgIpc) is 3.39. The van der Waals surface area contributed by atoms with Crippen LogP contribution in [-0.4, -0.2) is 54.8 Å². The first kappa shape index (κ1) is 30.7. The molecule has 5 rings (SSSR count). The van der Waals surface area contributed by atoms with Gasteiger partial charge in [-0.15, -0.1) is 0 Å². The molecule has 2 heterocycles. The van der Waals surface area contributed by atoms with Gasteiger partial charge >= 0.3 is 5.97 Å². The molecule has 2 aliphatic rings. The molecule has 1 amide bonds. The molecule has 1 fully saturated rings. The molecule has 3 aromatic carbocycles. The number of hydrogen-bond donors (Lipinski definition) is 2. The number of anilines is 1. The summed E-state index contributed by atoms with van der Waals surface area (Å²) in [6, 6.07) is 16.4. The summed E-state index contributed by atoms with van der Waals surface area (Å²) >= 11 is 6.34. The Kier molecular flexibility index (Phi) is 9.78. The van der Waals surface area contributed by atoms with E-state index in [1.54, 1.807) is 0 Å². The standard InChI is InChI=1S/C34H39ClN2O6/c1-4-13-41-26-10-7-23(8-11-26)33-31(34(39)40)27(24-9-12-28-29(18-24)43-15-14-42-28)19-37(33)20-30(38)36-32-21(5-2)16-25(35)17-22(32)6-3/h7-12,16-18,27,31,33H,4-6,13-15,19-20H2,1-3H3,(H,36,38)(H,39,40)/t27-,31?,33+/m1/s1. The van der Waals surface area contributed by atoms with E-state index in [1.807, 2.05) is 80.3 Å². The minimum atomic E-state index is -0.918. The van der Waals surface area contributed by atoms with Gasteiger partial charge < -0.3 is 24.6 Å². The molecule has 8 nitrogen and oxygen atoms in total. The fourth-order valence-corrected chi connectivity index (χ4v) is 6.47. The number of rotatable bonds is 11. The lowest BCUT2D eigenvalue weighted by atomic mass is 9.82. The van der Waals surface area contributed by atoms with Crippen LogP contribution in [0.2, 0.25) is 5.02 Å². The molecule has 9 heteroatoms. The van der Waals surface area contributed by atoms with E-state index in [9.17, 15) is 14.7 Å². The number of benzene rings is 3. The van der Waals surface area contributed by atoms with Crippen molar-refractivity contribution in [1.82, 2.24) is 4.90 Å². The summed E-state index contributed by atoms with van der Waals surface area (Å²) in [5.41, 5.74) is 4.38. The smallest absolute Gasteiger partial charge is 0.309 e. The molecular weight excluding hydrogens is 568 g/mol. The summed E-state index contributed by atoms with van der Waals surface area (Å²) in [6.07, 6.45) is 2.32. The van der Waals surface area contributed by atoms with Crippen LogP contribution in [0.3, 0.4) is 0 Å². The van der Waals surface area contributed by atoms with Crippen LogP contribution in [0.5, 0.6) is 17.2 Å². The lowest BCUT2D eigenvalue weighted by Crippen LogP contribution is -2.35. The van der Waals surface area contributed by atoms with Gasteiger partial charge in [0.05, 0.1) is 19.1 Å². The van der Waals surface area contributed by atoms with Crippen molar-refractivity contribution in [3.8, 4) is 17.2 Å². The lowest BCUT2D eigenvalue weighted by molar-refractivity contribution is -0.143. The fraction of sp³-hybridized carbons (Fsp3) is 0.412. The molecular formula is C34H39ClN2O6. The number of nitrogens with one attached hydrogen (secondary N) is 1. The van der Waals surface area contributed by atoms with Crippen LogP contribution in [0, 0.1) is 5.92 Å². The molecule has 0 spiro atoms. The first-order valence-electron chi connectivity index (χ1n) is 15.0. The van der Waals surface area contributed by atoms with Crippen molar-refractivity contribution in [2.45, 2.75) is 52.0 Å². The fourth-order valence-electron chi connectivity index (χ4n) is 6.21. The Morgan fingerprint density at radius 2 is 1.60 bits per heavy atom. The zero-order valence-corrected chi connectivity index (χ0v) is 25.7. The Bertz CT molecular complexity index is 1430. The van der Waals surface area contributed by atoms with Crippen molar-refractivity contribution < 1.29 is 28.9 Å². The average molecular weight is 607 g/mol. The Hall–Kier alpha value is -3.75. The molecule has 3 atom stereocenters. The van der Waals surface area contributed by atoms with Gasteiger partial charge in [0.15, 0.2) is 11.5 Å². The number of ether oxygens (including phenoxy) is 3. The first-order chi connectivity index (χ1) is 20.8. The van der Waals surface area contributed by atoms with Gasteiger partial charge in [0.25, 0.3) is 0 Å². The van der Waals surface area contributed by atoms with E-state index in [-0.39, 0.29) is 18.4 Å². The predicted molar refractivity (Wildman–Crippen MR) is 167 cm³/mol. The number of hydrogen-bond acceptors (Lipinski definition) is 6. The number of nitrogens with zero attached hydrogens (tertiary/aromatic N) is 1. The molecule has 1 saturated heterocycles. The molecule has 1 unspecified atom stereocenters. The normalized spacial score (nSPS) is 19.7. The van der Waals surface area contributed by atoms with Gasteiger partial charge in [-0.05, 0) is 77.9 Å². The number of aryl methyl sites for hydroxylation is 2. The summed E-state index contributed by atoms with van der Waals surface area (Å²) < 4.78 is 17.3. The topological polar surface area (TPSA) is 97.3 Å². The molecule has 0 saturated carbocycles. The number of carboxylic acids is 1. The highest BCUT2D eigenvalue weighted by Crippen LogP contribution is 2.47. The second kappa shape index (κ2) is 13.7. The van der Waals surface area contributed by atoms with Crippen molar-refractivity contribution in [1.29, 1.82) is 0 Å². The van der Waals surface area contributed by atoms with Crippen LogP contribution >= 0.6 is 11.6 Å². The van der Waals surface area contributed by atoms with Crippen LogP contribution in [0.15, 0.2) is 54.6 Å². The number of halogens is 1. The monoisotopic (exact) mass is 606 g/mol. The largest absolute Gasteiger partial charge is 0.494 e. The lowest BCUT2D eigenvalue weighted by Gasteiger charge is -2.27. The first-order valence-corrected chi connectivity index (χ1v) is 15.4. The highest BCUT2D eigenvalue weighted by molar-refractivity contribution is 6.30. The van der Waals surface area contributed by atoms with Crippen LogP contribution in [0.25, 0.3) is 0 Å². The molecule has 0 radical (unpaired) electrons. The summed E-state index contributed by atoms with van der Waals surface area (Å²) in [5.74, 6) is -0.312. The van der Waals surface area contributed by atoms with E-state index >= 15 is 0 Å². The SMILES string of the molecule is CCCOc1ccc([C@H]2C(C(=O)O)[C@@H](c3ccc4c(c3)OCCO4)CN2CC(=O)Nc2c(CC)cc(Cl)cc2CC)cc1. The molecule has 2 N–H and O–H groups in total. The van der Waals surface area contributed by atoms with Crippen molar-refractivity contribution in [2.75, 3.05) is 38.2 Å². The second-order valence-corrected chi connectivity index (χ2v) is 11.5. The van der Waals surface area contributed by atoms with Crippen LogP contribution < -0.4 is 19.5 Å². The zero-order valence-electron chi connectivity index (χ0n) is 24.9. The Balaban J connectivity index is 1.48. The van der Waals surface area contributed by atoms with E-state index in [2.05, 4.69) is 5.32 Å². The van der Waals surface area contributed by atoms with E-state index in [0.29, 0.717) is 42.9 Å². The summed E-state index contributed by atoms with van der Waals surface area (Å²) in [4.78, 5) is 28.6. The van der Waals surface area contributed by atoms with Gasteiger partial charge in [0.2, 0.25) is 5.91 Å². The van der Waals surface area contributed by atoms with Gasteiger partial charge in [-0.25, -0.2) is 0 Å². The number of aliphatic carboxylic acids is 1. The maximum absolute atomic E-state index is 13.7. The van der Waals surface area contributed by atoms with Crippen LogP contribution in [0.1, 0.15) is 61.4 Å². The van der Waals surface area contributed by atoms with E-state index in [0.717, 1.165) is 53.0 Å². The Morgan fingerprint density at radius 3 is 2.23 bits per heavy atom. The van der Waals surface area contributed by atoms with Gasteiger partial charge in [0, 0.05) is 29.2 Å². The molecule has 2 aliphatic heterocycles. The minimum absolute atomic E-state index is 0.0263. The highest BCUT2D eigenvalue weighted by Gasteiger charge is 2.48. The van der Waals surface area contributed by atoms with Crippen molar-refractivity contribution in [3.05, 3.63) is 81.9 Å². The highest BCUT2D eigenvalue weighted by atomic mass is 35.5. The number of likely N-dealkylation sites (tertiary alicyclic amines) is 1. The summed E-state index contributed by atoms with van der Waals surface area (Å²) in [6.45, 7) is 8.02. The van der Waals surface area contributed by atoms with Crippen LogP contribution in [-0.2, 0) is 22.4 Å². The summed E-state index contributed by atoms with van der Waals surface area (Å²) in [5, 5.41) is 14.4. The third kappa shape index (κ3) is 6.76. The number of carbonyl (C=O) groups is 2. The number of fused-ring (bicyclic) bond motifs is 1. The van der Waals surface area contributed by atoms with E-state index < -0.39 is 17.9 Å². The van der Waals surface area contributed by atoms with Crippen molar-refractivity contribution in [3.63, 3.8) is 0 Å². The zero-order chi connectivity index (χ0) is 30.5. The van der Waals surface area contributed by atoms with Gasteiger partial charge in [-0.3, -0.25) is 14.5 Å². The number of carboxylic acid groups (broad SMARTS) is 1. The molecule has 228 valence electrons. The van der Waals surface area contributed by atoms with Gasteiger partial charge in [-0.1, -0.05) is 50.6 Å². The Morgan fingerprint density at radius 1 is 0.953 bits per heavy atom. The third-order valence-corrected chi connectivity index (χ3v) is 8.43. The van der Waals surface area contributed by atoms with Gasteiger partial charge in [0.1, 0.15) is 19.0 Å². The van der Waals surface area contributed by atoms with E-state index in [4.69, 9.17) is 25.8 Å². The molecule has 0 aliphatic carbocycles. The maximum atomic E-state index is 13.7. The summed E-state index contributed by atoms with van der Waals surface area (Å²) in [7, 11) is 0. The quantitative estimate of drug-likeness (QED) is 0.257. The van der Waals surface area contributed by atoms with Crippen molar-refractivity contribution >= 4 is 29.2 Å². The Labute approximate surface area is 257 Å². The predicted octanol–water partition coefficient (Wildman–Crippen LogP) is 6.50. The molecule has 0 aromatic heterocycles. The van der Waals surface area contributed by atoms with Crippen molar-refractivity contribution in [2.24, 2.45) is 5.92 Å². The molecule has 3 aromatic rings. The third-order valence-electron chi connectivity index (χ3n) is 8.21. The van der Waals surface area contributed by atoms with Crippen LogP contribution in [0.4, 0.5) is 5.69 Å². The molecule has 43 heavy (non-hydrogen) atoms.